The molecule has 2 atom stereocenters. The van der Waals surface area contributed by atoms with Crippen LogP contribution in [0.1, 0.15) is 45.3 Å². The SMILES string of the molecule is CNC(Cc1nc(C(C)(C)C)cs1)C(OC)C(C)C. The van der Waals surface area contributed by atoms with Gasteiger partial charge in [0.15, 0.2) is 0 Å². The normalized spacial score (nSPS) is 15.8. The highest BCUT2D eigenvalue weighted by Crippen LogP contribution is 2.25. The van der Waals surface area contributed by atoms with Gasteiger partial charge in [0.05, 0.1) is 16.8 Å². The van der Waals surface area contributed by atoms with Crippen molar-refractivity contribution < 1.29 is 4.74 Å². The number of nitrogens with one attached hydrogen (secondary N) is 1. The van der Waals surface area contributed by atoms with Crippen LogP contribution in [0.25, 0.3) is 0 Å². The van der Waals surface area contributed by atoms with Crippen LogP contribution in [0.3, 0.4) is 0 Å². The van der Waals surface area contributed by atoms with Crippen molar-refractivity contribution in [2.24, 2.45) is 5.92 Å². The minimum Gasteiger partial charge on any atom is -0.380 e. The molecule has 0 fully saturated rings. The summed E-state index contributed by atoms with van der Waals surface area (Å²) in [7, 11) is 3.79. The van der Waals surface area contributed by atoms with Crippen molar-refractivity contribution in [3.05, 3.63) is 16.1 Å². The Bertz CT molecular complexity index is 382. The number of rotatable bonds is 6. The van der Waals surface area contributed by atoms with Crippen LogP contribution < -0.4 is 5.32 Å². The Balaban J connectivity index is 2.79. The van der Waals surface area contributed by atoms with E-state index in [-0.39, 0.29) is 11.5 Å². The Kier molecular flexibility index (Phi) is 5.96. The monoisotopic (exact) mass is 284 g/mol. The van der Waals surface area contributed by atoms with Gasteiger partial charge in [-0.25, -0.2) is 4.98 Å². The van der Waals surface area contributed by atoms with E-state index in [4.69, 9.17) is 9.72 Å². The highest BCUT2D eigenvalue weighted by molar-refractivity contribution is 7.09. The van der Waals surface area contributed by atoms with Crippen molar-refractivity contribution in [2.75, 3.05) is 14.2 Å². The van der Waals surface area contributed by atoms with E-state index in [1.165, 1.54) is 10.7 Å². The van der Waals surface area contributed by atoms with Crippen LogP contribution >= 0.6 is 11.3 Å². The first-order chi connectivity index (χ1) is 8.79. The van der Waals surface area contributed by atoms with Gasteiger partial charge in [0.1, 0.15) is 0 Å². The molecule has 1 heterocycles. The van der Waals surface area contributed by atoms with Gasteiger partial charge in [-0.15, -0.1) is 11.3 Å². The average Bonchev–Trinajstić information content (AvgIpc) is 2.76. The molecule has 1 N–H and O–H groups in total. The first-order valence-corrected chi connectivity index (χ1v) is 7.82. The molecule has 0 aliphatic heterocycles. The summed E-state index contributed by atoms with van der Waals surface area (Å²) in [4.78, 5) is 4.77. The Labute approximate surface area is 121 Å². The molecule has 0 spiro atoms. The predicted octanol–water partition coefficient (Wildman–Crippen LogP) is 3.24. The summed E-state index contributed by atoms with van der Waals surface area (Å²) in [6.07, 6.45) is 1.14. The second-order valence-corrected chi connectivity index (χ2v) is 7.36. The van der Waals surface area contributed by atoms with Crippen LogP contribution in [0.5, 0.6) is 0 Å². The van der Waals surface area contributed by atoms with Crippen molar-refractivity contribution in [1.29, 1.82) is 0 Å². The topological polar surface area (TPSA) is 34.2 Å². The number of hydrogen-bond donors (Lipinski definition) is 1. The molecule has 1 aromatic heterocycles. The fourth-order valence-corrected chi connectivity index (χ4v) is 3.30. The molecule has 0 amide bonds. The summed E-state index contributed by atoms with van der Waals surface area (Å²) in [6, 6.07) is 0.309. The maximum Gasteiger partial charge on any atom is 0.0945 e. The number of thiazole rings is 1. The Hall–Kier alpha value is -0.450. The zero-order chi connectivity index (χ0) is 14.6. The molecule has 0 bridgehead atoms. The van der Waals surface area contributed by atoms with Crippen LogP contribution in [0.15, 0.2) is 5.38 Å². The van der Waals surface area contributed by atoms with Crippen molar-refractivity contribution in [3.63, 3.8) is 0 Å². The fraction of sp³-hybridized carbons (Fsp3) is 0.800. The van der Waals surface area contributed by atoms with E-state index in [2.05, 4.69) is 45.3 Å². The van der Waals surface area contributed by atoms with E-state index in [1.54, 1.807) is 18.4 Å². The van der Waals surface area contributed by atoms with E-state index in [1.807, 2.05) is 7.05 Å². The highest BCUT2D eigenvalue weighted by atomic mass is 32.1. The Morgan fingerprint density at radius 2 is 2.00 bits per heavy atom. The molecule has 19 heavy (non-hydrogen) atoms. The zero-order valence-electron chi connectivity index (χ0n) is 13.3. The third-order valence-corrected chi connectivity index (χ3v) is 4.28. The first-order valence-electron chi connectivity index (χ1n) is 6.94. The molecule has 0 aliphatic rings. The van der Waals surface area contributed by atoms with Crippen molar-refractivity contribution in [1.82, 2.24) is 10.3 Å². The molecular weight excluding hydrogens is 256 g/mol. The van der Waals surface area contributed by atoms with Crippen molar-refractivity contribution >= 4 is 11.3 Å². The second kappa shape index (κ2) is 6.82. The summed E-state index contributed by atoms with van der Waals surface area (Å²) < 4.78 is 5.63. The van der Waals surface area contributed by atoms with E-state index in [9.17, 15) is 0 Å². The number of aromatic nitrogens is 1. The number of nitrogens with zero attached hydrogens (tertiary/aromatic N) is 1. The summed E-state index contributed by atoms with van der Waals surface area (Å²) in [5.74, 6) is 0.490. The van der Waals surface area contributed by atoms with E-state index in [0.29, 0.717) is 12.0 Å². The lowest BCUT2D eigenvalue weighted by Gasteiger charge is -2.28. The van der Waals surface area contributed by atoms with E-state index in [0.717, 1.165) is 6.42 Å². The molecule has 0 saturated carbocycles. The third kappa shape index (κ3) is 4.55. The van der Waals surface area contributed by atoms with E-state index >= 15 is 0 Å². The molecule has 1 aromatic rings. The minimum absolute atomic E-state index is 0.128. The second-order valence-electron chi connectivity index (χ2n) is 6.42. The largest absolute Gasteiger partial charge is 0.380 e. The van der Waals surface area contributed by atoms with Gasteiger partial charge in [-0.2, -0.15) is 0 Å². The van der Waals surface area contributed by atoms with Gasteiger partial charge in [0.25, 0.3) is 0 Å². The van der Waals surface area contributed by atoms with E-state index < -0.39 is 0 Å². The lowest BCUT2D eigenvalue weighted by atomic mass is 9.93. The lowest BCUT2D eigenvalue weighted by Crippen LogP contribution is -2.43. The van der Waals surface area contributed by atoms with Crippen LogP contribution in [0.2, 0.25) is 0 Å². The summed E-state index contributed by atoms with van der Waals surface area (Å²) in [5.41, 5.74) is 1.31. The molecule has 0 saturated heterocycles. The van der Waals surface area contributed by atoms with Crippen molar-refractivity contribution in [2.45, 2.75) is 58.6 Å². The number of methoxy groups -OCH3 is 1. The molecule has 0 aromatic carbocycles. The molecule has 0 aliphatic carbocycles. The molecular formula is C15H28N2OS. The third-order valence-electron chi connectivity index (χ3n) is 3.41. The zero-order valence-corrected chi connectivity index (χ0v) is 14.1. The number of hydrogen-bond acceptors (Lipinski definition) is 4. The lowest BCUT2D eigenvalue weighted by molar-refractivity contribution is 0.0354. The molecule has 4 heteroatoms. The fourth-order valence-electron chi connectivity index (χ4n) is 2.22. The van der Waals surface area contributed by atoms with Gasteiger partial charge in [-0.1, -0.05) is 34.6 Å². The van der Waals surface area contributed by atoms with Crippen molar-refractivity contribution in [3.8, 4) is 0 Å². The highest BCUT2D eigenvalue weighted by Gasteiger charge is 2.25. The summed E-state index contributed by atoms with van der Waals surface area (Å²) in [6.45, 7) is 11.0. The standard InChI is InChI=1S/C15H28N2OS/c1-10(2)14(18-7)11(16-6)8-13-17-12(9-19-13)15(3,4)5/h9-11,14,16H,8H2,1-7H3. The summed E-state index contributed by atoms with van der Waals surface area (Å²) in [5, 5.41) is 6.74. The molecule has 1 rings (SSSR count). The molecule has 3 nitrogen and oxygen atoms in total. The smallest absolute Gasteiger partial charge is 0.0945 e. The molecule has 2 unspecified atom stereocenters. The average molecular weight is 284 g/mol. The number of likely N-dealkylation sites (N-methyl/N-ethyl adjacent to an activating group) is 1. The van der Waals surface area contributed by atoms with Crippen LogP contribution in [0, 0.1) is 5.92 Å². The van der Waals surface area contributed by atoms with Crippen LogP contribution in [-0.2, 0) is 16.6 Å². The summed E-state index contributed by atoms with van der Waals surface area (Å²) >= 11 is 1.75. The maximum absolute atomic E-state index is 5.63. The Morgan fingerprint density at radius 3 is 2.37 bits per heavy atom. The van der Waals surface area contributed by atoms with Gasteiger partial charge >= 0.3 is 0 Å². The minimum atomic E-state index is 0.128. The quantitative estimate of drug-likeness (QED) is 0.871. The van der Waals surface area contributed by atoms with Gasteiger partial charge < -0.3 is 10.1 Å². The first kappa shape index (κ1) is 16.6. The maximum atomic E-state index is 5.63. The van der Waals surface area contributed by atoms with Gasteiger partial charge in [0.2, 0.25) is 0 Å². The van der Waals surface area contributed by atoms with Gasteiger partial charge in [-0.05, 0) is 13.0 Å². The Morgan fingerprint density at radius 1 is 1.37 bits per heavy atom. The molecule has 110 valence electrons. The van der Waals surface area contributed by atoms with Crippen LogP contribution in [-0.4, -0.2) is 31.3 Å². The van der Waals surface area contributed by atoms with Gasteiger partial charge in [0, 0.05) is 30.4 Å². The van der Waals surface area contributed by atoms with Crippen LogP contribution in [0.4, 0.5) is 0 Å². The molecule has 0 radical (unpaired) electrons. The number of ether oxygens (including phenoxy) is 1. The predicted molar refractivity (Wildman–Crippen MR) is 83.0 cm³/mol. The van der Waals surface area contributed by atoms with Gasteiger partial charge in [-0.3, -0.25) is 0 Å².